The van der Waals surface area contributed by atoms with Gasteiger partial charge in [-0.1, -0.05) is 0 Å². The molecular weight excluding hydrogens is 277 g/mol. The lowest BCUT2D eigenvalue weighted by Crippen LogP contribution is -1.92. The van der Waals surface area contributed by atoms with Crippen LogP contribution in [0.4, 0.5) is 8.78 Å². The highest BCUT2D eigenvalue weighted by Crippen LogP contribution is 2.29. The highest BCUT2D eigenvalue weighted by Gasteiger charge is 2.12. The summed E-state index contributed by atoms with van der Waals surface area (Å²) in [6.07, 6.45) is -2.48. The molecule has 0 radical (unpaired) electrons. The van der Waals surface area contributed by atoms with Crippen molar-refractivity contribution in [3.63, 3.8) is 0 Å². The topological polar surface area (TPSA) is 9.23 Å². The molecule has 0 saturated heterocycles. The van der Waals surface area contributed by atoms with Gasteiger partial charge in [-0.15, -0.1) is 0 Å². The van der Waals surface area contributed by atoms with Crippen LogP contribution in [0.5, 0.6) is 5.75 Å². The third-order valence-electron chi connectivity index (χ3n) is 1.43. The Bertz CT molecular complexity index is 276. The van der Waals surface area contributed by atoms with Gasteiger partial charge < -0.3 is 4.74 Å². The minimum absolute atomic E-state index is 0.0575. The number of benzene rings is 1. The second-order valence-electron chi connectivity index (χ2n) is 2.19. The zero-order chi connectivity index (χ0) is 9.14. The van der Waals surface area contributed by atoms with Crippen molar-refractivity contribution in [2.75, 3.05) is 7.11 Å². The van der Waals surface area contributed by atoms with Gasteiger partial charge in [0.1, 0.15) is 5.75 Å². The molecule has 4 heteroatoms. The summed E-state index contributed by atoms with van der Waals surface area (Å²) in [7, 11) is 1.39. The molecule has 1 rings (SSSR count). The molecule has 0 aromatic heterocycles. The summed E-state index contributed by atoms with van der Waals surface area (Å²) in [5, 5.41) is 0. The molecule has 0 saturated carbocycles. The summed E-state index contributed by atoms with van der Waals surface area (Å²) in [6.45, 7) is 0. The van der Waals surface area contributed by atoms with Crippen molar-refractivity contribution in [1.82, 2.24) is 0 Å². The van der Waals surface area contributed by atoms with Gasteiger partial charge in [0, 0.05) is 3.57 Å². The van der Waals surface area contributed by atoms with Crippen LogP contribution in [0.25, 0.3) is 0 Å². The van der Waals surface area contributed by atoms with Crippen molar-refractivity contribution in [2.45, 2.75) is 6.43 Å². The van der Waals surface area contributed by atoms with Gasteiger partial charge in [0.2, 0.25) is 0 Å². The molecule has 0 unspecified atom stereocenters. The van der Waals surface area contributed by atoms with Crippen molar-refractivity contribution in [3.8, 4) is 5.75 Å². The van der Waals surface area contributed by atoms with Gasteiger partial charge in [-0.2, -0.15) is 0 Å². The first kappa shape index (κ1) is 9.70. The van der Waals surface area contributed by atoms with Crippen molar-refractivity contribution in [3.05, 3.63) is 27.3 Å². The Hall–Kier alpha value is -0.390. The molecule has 0 bridgehead atoms. The smallest absolute Gasteiger partial charge is 0.267 e. The summed E-state index contributed by atoms with van der Waals surface area (Å²) in [5.41, 5.74) is -0.0575. The lowest BCUT2D eigenvalue weighted by molar-refractivity contribution is 0.147. The molecule has 0 heterocycles. The van der Waals surface area contributed by atoms with E-state index >= 15 is 0 Å². The van der Waals surface area contributed by atoms with Crippen LogP contribution >= 0.6 is 22.6 Å². The molecule has 1 aromatic carbocycles. The SMILES string of the molecule is COc1cc(I)ccc1C(F)F. The Morgan fingerprint density at radius 1 is 1.42 bits per heavy atom. The van der Waals surface area contributed by atoms with E-state index in [0.29, 0.717) is 0 Å². The van der Waals surface area contributed by atoms with E-state index in [-0.39, 0.29) is 11.3 Å². The number of methoxy groups -OCH3 is 1. The molecular formula is C8H7F2IO. The first-order valence-electron chi connectivity index (χ1n) is 3.26. The number of rotatable bonds is 2. The summed E-state index contributed by atoms with van der Waals surface area (Å²) < 4.78 is 30.2. The Morgan fingerprint density at radius 2 is 2.08 bits per heavy atom. The van der Waals surface area contributed by atoms with Crippen molar-refractivity contribution >= 4 is 22.6 Å². The largest absolute Gasteiger partial charge is 0.496 e. The molecule has 0 atom stereocenters. The minimum atomic E-state index is -2.48. The average molecular weight is 284 g/mol. The van der Waals surface area contributed by atoms with E-state index in [9.17, 15) is 8.78 Å². The van der Waals surface area contributed by atoms with Crippen LogP contribution in [0.2, 0.25) is 0 Å². The van der Waals surface area contributed by atoms with Crippen molar-refractivity contribution in [1.29, 1.82) is 0 Å². The predicted molar refractivity (Wildman–Crippen MR) is 50.7 cm³/mol. The normalized spacial score (nSPS) is 10.4. The first-order chi connectivity index (χ1) is 5.65. The fourth-order valence-electron chi connectivity index (χ4n) is 0.865. The van der Waals surface area contributed by atoms with Gasteiger partial charge in [0.05, 0.1) is 12.7 Å². The predicted octanol–water partition coefficient (Wildman–Crippen LogP) is 3.24. The standard InChI is InChI=1S/C8H7F2IO/c1-12-7-4-5(11)2-3-6(7)8(9)10/h2-4,8H,1H3. The average Bonchev–Trinajstić information content (AvgIpc) is 2.03. The zero-order valence-electron chi connectivity index (χ0n) is 6.35. The highest BCUT2D eigenvalue weighted by atomic mass is 127. The Kier molecular flexibility index (Phi) is 3.25. The third-order valence-corrected chi connectivity index (χ3v) is 2.10. The van der Waals surface area contributed by atoms with Gasteiger partial charge in [0.25, 0.3) is 6.43 Å². The zero-order valence-corrected chi connectivity index (χ0v) is 8.51. The first-order valence-corrected chi connectivity index (χ1v) is 4.34. The molecule has 0 amide bonds. The molecule has 0 N–H and O–H groups in total. The number of ether oxygens (including phenoxy) is 1. The van der Waals surface area contributed by atoms with Gasteiger partial charge in [-0.25, -0.2) is 8.78 Å². The summed E-state index contributed by atoms with van der Waals surface area (Å²) >= 11 is 2.04. The highest BCUT2D eigenvalue weighted by molar-refractivity contribution is 14.1. The number of halogens is 3. The molecule has 1 nitrogen and oxygen atoms in total. The van der Waals surface area contributed by atoms with Crippen LogP contribution in [0.1, 0.15) is 12.0 Å². The van der Waals surface area contributed by atoms with E-state index < -0.39 is 6.43 Å². The molecule has 0 spiro atoms. The van der Waals surface area contributed by atoms with E-state index in [4.69, 9.17) is 4.74 Å². The summed E-state index contributed by atoms with van der Waals surface area (Å²) in [4.78, 5) is 0. The molecule has 0 aliphatic heterocycles. The number of alkyl halides is 2. The maximum absolute atomic E-state index is 12.3. The van der Waals surface area contributed by atoms with Crippen LogP contribution in [0.15, 0.2) is 18.2 Å². The molecule has 0 fully saturated rings. The molecule has 1 aromatic rings. The fourth-order valence-corrected chi connectivity index (χ4v) is 1.33. The molecule has 0 aliphatic carbocycles. The Morgan fingerprint density at radius 3 is 2.58 bits per heavy atom. The fraction of sp³-hybridized carbons (Fsp3) is 0.250. The van der Waals surface area contributed by atoms with E-state index in [1.807, 2.05) is 22.6 Å². The molecule has 12 heavy (non-hydrogen) atoms. The number of hydrogen-bond donors (Lipinski definition) is 0. The minimum Gasteiger partial charge on any atom is -0.496 e. The second kappa shape index (κ2) is 4.02. The van der Waals surface area contributed by atoms with E-state index in [1.165, 1.54) is 13.2 Å². The second-order valence-corrected chi connectivity index (χ2v) is 3.43. The van der Waals surface area contributed by atoms with Crippen LogP contribution in [0, 0.1) is 3.57 Å². The van der Waals surface area contributed by atoms with Gasteiger partial charge in [-0.3, -0.25) is 0 Å². The maximum atomic E-state index is 12.3. The van der Waals surface area contributed by atoms with Crippen LogP contribution in [0.3, 0.4) is 0 Å². The van der Waals surface area contributed by atoms with Gasteiger partial charge in [-0.05, 0) is 40.8 Å². The molecule has 66 valence electrons. The third kappa shape index (κ3) is 2.06. The maximum Gasteiger partial charge on any atom is 0.267 e. The lowest BCUT2D eigenvalue weighted by Gasteiger charge is -2.07. The molecule has 0 aliphatic rings. The Balaban J connectivity index is 3.11. The van der Waals surface area contributed by atoms with E-state index in [2.05, 4.69) is 0 Å². The number of hydrogen-bond acceptors (Lipinski definition) is 1. The van der Waals surface area contributed by atoms with Gasteiger partial charge >= 0.3 is 0 Å². The summed E-state index contributed by atoms with van der Waals surface area (Å²) in [5.74, 6) is 0.247. The van der Waals surface area contributed by atoms with E-state index in [0.717, 1.165) is 3.57 Å². The monoisotopic (exact) mass is 284 g/mol. The summed E-state index contributed by atoms with van der Waals surface area (Å²) in [6, 6.07) is 4.60. The van der Waals surface area contributed by atoms with Crippen molar-refractivity contribution in [2.24, 2.45) is 0 Å². The van der Waals surface area contributed by atoms with E-state index in [1.54, 1.807) is 12.1 Å². The quantitative estimate of drug-likeness (QED) is 0.757. The Labute approximate surface area is 82.9 Å². The lowest BCUT2D eigenvalue weighted by atomic mass is 10.2. The van der Waals surface area contributed by atoms with Crippen LogP contribution in [-0.2, 0) is 0 Å². The van der Waals surface area contributed by atoms with Crippen molar-refractivity contribution < 1.29 is 13.5 Å². The van der Waals surface area contributed by atoms with Crippen LogP contribution < -0.4 is 4.74 Å². The van der Waals surface area contributed by atoms with Crippen LogP contribution in [-0.4, -0.2) is 7.11 Å². The van der Waals surface area contributed by atoms with Gasteiger partial charge in [0.15, 0.2) is 0 Å².